The maximum absolute atomic E-state index is 11.7. The highest BCUT2D eigenvalue weighted by Crippen LogP contribution is 2.39. The Balaban J connectivity index is 1.87. The van der Waals surface area contributed by atoms with Gasteiger partial charge in [0.25, 0.3) is 5.56 Å². The lowest BCUT2D eigenvalue weighted by atomic mass is 10.2. The molecule has 0 aliphatic heterocycles. The standard InChI is InChI=1S/C14H15ClN4OS/c1-2-3-9-6-11(20)18-14(16-9)21-12-7-10(15)17-13(19-12)8-4-5-8/h6-8H,2-5H2,1H3,(H,16,18,20). The van der Waals surface area contributed by atoms with Crippen LogP contribution in [0.15, 0.2) is 27.1 Å². The number of nitrogens with zero attached hydrogens (tertiary/aromatic N) is 3. The minimum Gasteiger partial charge on any atom is -0.301 e. The van der Waals surface area contributed by atoms with Gasteiger partial charge >= 0.3 is 0 Å². The van der Waals surface area contributed by atoms with E-state index in [4.69, 9.17) is 11.6 Å². The molecule has 1 fully saturated rings. The third-order valence-corrected chi connectivity index (χ3v) is 4.11. The van der Waals surface area contributed by atoms with E-state index in [-0.39, 0.29) is 5.56 Å². The number of aromatic amines is 1. The molecule has 1 aliphatic rings. The molecular weight excluding hydrogens is 308 g/mol. The summed E-state index contributed by atoms with van der Waals surface area (Å²) in [6, 6.07) is 3.24. The van der Waals surface area contributed by atoms with Crippen LogP contribution < -0.4 is 5.56 Å². The van der Waals surface area contributed by atoms with Crippen LogP contribution in [0.25, 0.3) is 0 Å². The van der Waals surface area contributed by atoms with E-state index in [9.17, 15) is 4.79 Å². The molecule has 0 bridgehead atoms. The molecule has 0 spiro atoms. The summed E-state index contributed by atoms with van der Waals surface area (Å²) >= 11 is 7.36. The number of rotatable bonds is 5. The van der Waals surface area contributed by atoms with Gasteiger partial charge in [-0.3, -0.25) is 4.79 Å². The average molecular weight is 323 g/mol. The summed E-state index contributed by atoms with van der Waals surface area (Å²) in [5.74, 6) is 1.22. The van der Waals surface area contributed by atoms with Gasteiger partial charge in [-0.1, -0.05) is 24.9 Å². The first-order valence-electron chi connectivity index (χ1n) is 6.96. The third kappa shape index (κ3) is 3.83. The van der Waals surface area contributed by atoms with Crippen molar-refractivity contribution in [2.24, 2.45) is 0 Å². The van der Waals surface area contributed by atoms with E-state index in [1.165, 1.54) is 17.8 Å². The number of halogens is 1. The zero-order valence-electron chi connectivity index (χ0n) is 11.6. The van der Waals surface area contributed by atoms with E-state index in [1.807, 2.05) is 0 Å². The zero-order chi connectivity index (χ0) is 14.8. The number of hydrogen-bond donors (Lipinski definition) is 1. The minimum atomic E-state index is -0.140. The molecule has 21 heavy (non-hydrogen) atoms. The fourth-order valence-corrected chi connectivity index (χ4v) is 3.08. The molecule has 2 aromatic rings. The highest BCUT2D eigenvalue weighted by molar-refractivity contribution is 7.99. The predicted molar refractivity (Wildman–Crippen MR) is 82.0 cm³/mol. The van der Waals surface area contributed by atoms with E-state index < -0.39 is 0 Å². The Labute approximate surface area is 131 Å². The van der Waals surface area contributed by atoms with Crippen LogP contribution in [-0.4, -0.2) is 19.9 Å². The molecule has 7 heteroatoms. The van der Waals surface area contributed by atoms with Gasteiger partial charge in [0.05, 0.1) is 0 Å². The van der Waals surface area contributed by atoms with Crippen molar-refractivity contribution in [3.63, 3.8) is 0 Å². The van der Waals surface area contributed by atoms with Crippen LogP contribution in [0.3, 0.4) is 0 Å². The summed E-state index contributed by atoms with van der Waals surface area (Å²) in [6.07, 6.45) is 3.97. The molecule has 2 heterocycles. The Morgan fingerprint density at radius 2 is 2.14 bits per heavy atom. The highest BCUT2D eigenvalue weighted by Gasteiger charge is 2.27. The van der Waals surface area contributed by atoms with Crippen LogP contribution in [0.5, 0.6) is 0 Å². The summed E-state index contributed by atoms with van der Waals surface area (Å²) in [4.78, 5) is 27.6. The van der Waals surface area contributed by atoms with Crippen LogP contribution in [0.4, 0.5) is 0 Å². The van der Waals surface area contributed by atoms with Gasteiger partial charge in [0.15, 0.2) is 5.16 Å². The molecule has 1 saturated carbocycles. The molecule has 0 unspecified atom stereocenters. The molecule has 1 N–H and O–H groups in total. The lowest BCUT2D eigenvalue weighted by molar-refractivity contribution is 0.812. The van der Waals surface area contributed by atoms with Crippen molar-refractivity contribution in [3.05, 3.63) is 39.2 Å². The summed E-state index contributed by atoms with van der Waals surface area (Å²) in [7, 11) is 0. The average Bonchev–Trinajstić information content (AvgIpc) is 3.21. The van der Waals surface area contributed by atoms with Crippen molar-refractivity contribution in [2.45, 2.75) is 48.7 Å². The summed E-state index contributed by atoms with van der Waals surface area (Å²) < 4.78 is 0. The van der Waals surface area contributed by atoms with Gasteiger partial charge in [-0.05, 0) is 31.0 Å². The molecule has 0 amide bonds. The monoisotopic (exact) mass is 322 g/mol. The first kappa shape index (κ1) is 14.5. The molecule has 0 aromatic carbocycles. The van der Waals surface area contributed by atoms with Gasteiger partial charge < -0.3 is 4.98 Å². The van der Waals surface area contributed by atoms with Crippen molar-refractivity contribution < 1.29 is 0 Å². The van der Waals surface area contributed by atoms with Crippen molar-refractivity contribution >= 4 is 23.4 Å². The van der Waals surface area contributed by atoms with E-state index in [1.54, 1.807) is 6.07 Å². The molecule has 0 radical (unpaired) electrons. The Hall–Kier alpha value is -1.40. The number of H-pyrrole nitrogens is 1. The SMILES string of the molecule is CCCc1cc(=O)[nH]c(Sc2cc(Cl)nc(C3CC3)n2)n1. The second-order valence-corrected chi connectivity index (χ2v) is 6.45. The van der Waals surface area contributed by atoms with Crippen molar-refractivity contribution in [1.29, 1.82) is 0 Å². The van der Waals surface area contributed by atoms with Gasteiger partial charge in [-0.25, -0.2) is 15.0 Å². The summed E-state index contributed by atoms with van der Waals surface area (Å²) in [5, 5.41) is 1.69. The van der Waals surface area contributed by atoms with Crippen molar-refractivity contribution in [3.8, 4) is 0 Å². The van der Waals surface area contributed by atoms with Crippen LogP contribution in [0.2, 0.25) is 5.15 Å². The Kier molecular flexibility index (Phi) is 4.26. The zero-order valence-corrected chi connectivity index (χ0v) is 13.2. The van der Waals surface area contributed by atoms with Crippen LogP contribution >= 0.6 is 23.4 Å². The fraction of sp³-hybridized carbons (Fsp3) is 0.429. The van der Waals surface area contributed by atoms with Gasteiger partial charge in [-0.15, -0.1) is 0 Å². The van der Waals surface area contributed by atoms with Crippen molar-refractivity contribution in [1.82, 2.24) is 19.9 Å². The largest absolute Gasteiger partial charge is 0.301 e. The van der Waals surface area contributed by atoms with Crippen molar-refractivity contribution in [2.75, 3.05) is 0 Å². The lowest BCUT2D eigenvalue weighted by Gasteiger charge is -2.05. The first-order valence-corrected chi connectivity index (χ1v) is 8.16. The van der Waals surface area contributed by atoms with E-state index in [2.05, 4.69) is 26.9 Å². The molecule has 2 aromatic heterocycles. The lowest BCUT2D eigenvalue weighted by Crippen LogP contribution is -2.10. The molecule has 5 nitrogen and oxygen atoms in total. The second-order valence-electron chi connectivity index (χ2n) is 5.06. The van der Waals surface area contributed by atoms with Gasteiger partial charge in [0, 0.05) is 23.7 Å². The third-order valence-electron chi connectivity index (χ3n) is 3.11. The number of aryl methyl sites for hydroxylation is 1. The van der Waals surface area contributed by atoms with E-state index >= 15 is 0 Å². The maximum atomic E-state index is 11.7. The quantitative estimate of drug-likeness (QED) is 0.676. The molecule has 3 rings (SSSR count). The second kappa shape index (κ2) is 6.15. The predicted octanol–water partition coefficient (Wildman–Crippen LogP) is 3.19. The van der Waals surface area contributed by atoms with E-state index in [0.29, 0.717) is 21.3 Å². The smallest absolute Gasteiger partial charge is 0.251 e. The molecular formula is C14H15ClN4OS. The molecule has 110 valence electrons. The highest BCUT2D eigenvalue weighted by atomic mass is 35.5. The Morgan fingerprint density at radius 3 is 2.86 bits per heavy atom. The molecule has 1 aliphatic carbocycles. The molecule has 0 atom stereocenters. The fourth-order valence-electron chi connectivity index (χ4n) is 2.01. The number of nitrogens with one attached hydrogen (secondary N) is 1. The van der Waals surface area contributed by atoms with Crippen LogP contribution in [-0.2, 0) is 6.42 Å². The number of aromatic nitrogens is 4. The maximum Gasteiger partial charge on any atom is 0.251 e. The normalized spacial score (nSPS) is 14.4. The first-order chi connectivity index (χ1) is 10.1. The van der Waals surface area contributed by atoms with Gasteiger partial charge in [0.1, 0.15) is 16.0 Å². The number of hydrogen-bond acceptors (Lipinski definition) is 5. The van der Waals surface area contributed by atoms with Crippen LogP contribution in [0, 0.1) is 0 Å². The minimum absolute atomic E-state index is 0.140. The Bertz CT molecular complexity index is 714. The van der Waals surface area contributed by atoms with E-state index in [0.717, 1.165) is 37.2 Å². The van der Waals surface area contributed by atoms with Gasteiger partial charge in [-0.2, -0.15) is 0 Å². The summed E-state index contributed by atoms with van der Waals surface area (Å²) in [6.45, 7) is 2.06. The van der Waals surface area contributed by atoms with Crippen LogP contribution in [0.1, 0.15) is 43.6 Å². The summed E-state index contributed by atoms with van der Waals surface area (Å²) in [5.41, 5.74) is 0.657. The Morgan fingerprint density at radius 1 is 1.33 bits per heavy atom. The molecule has 0 saturated heterocycles. The topological polar surface area (TPSA) is 71.5 Å². The van der Waals surface area contributed by atoms with Gasteiger partial charge in [0.2, 0.25) is 0 Å².